The van der Waals surface area contributed by atoms with Gasteiger partial charge in [-0.3, -0.25) is 19.7 Å². The summed E-state index contributed by atoms with van der Waals surface area (Å²) in [4.78, 5) is 33.7. The number of nitrogens with one attached hydrogen (secondary N) is 1. The van der Waals surface area contributed by atoms with Gasteiger partial charge in [-0.2, -0.15) is 0 Å². The fourth-order valence-corrected chi connectivity index (χ4v) is 4.46. The predicted octanol–water partition coefficient (Wildman–Crippen LogP) is 1.55. The average Bonchev–Trinajstić information content (AvgIpc) is 2.83. The Hall–Kier alpha value is -2.20. The fraction of sp³-hybridized carbons (Fsp3) is 0.429. The Balaban J connectivity index is 1.86. The molecule has 1 aliphatic rings. The van der Waals surface area contributed by atoms with Crippen LogP contribution < -0.4 is 5.32 Å². The molecule has 1 amide bonds. The van der Waals surface area contributed by atoms with Crippen molar-refractivity contribution in [2.75, 3.05) is 23.4 Å². The van der Waals surface area contributed by atoms with E-state index >= 15 is 0 Å². The molecular weight excluding hydrogens is 376 g/mol. The van der Waals surface area contributed by atoms with Gasteiger partial charge in [0.15, 0.2) is 16.4 Å². The smallest absolute Gasteiger partial charge is 0.306 e. The molecule has 0 aliphatic carbocycles. The quantitative estimate of drug-likeness (QED) is 0.442. The van der Waals surface area contributed by atoms with Crippen LogP contribution in [0, 0.1) is 16.0 Å². The van der Waals surface area contributed by atoms with Crippen LogP contribution >= 0.6 is 11.6 Å². The van der Waals surface area contributed by atoms with Crippen molar-refractivity contribution in [3.63, 3.8) is 0 Å². The van der Waals surface area contributed by atoms with Crippen LogP contribution in [0.4, 0.5) is 11.4 Å². The second-order valence-corrected chi connectivity index (χ2v) is 8.27. The zero-order chi connectivity index (χ0) is 18.6. The first-order chi connectivity index (χ1) is 11.7. The number of hydrogen-bond acceptors (Lipinski definition) is 7. The van der Waals surface area contributed by atoms with Crippen LogP contribution in [0.2, 0.25) is 5.02 Å². The Labute approximate surface area is 148 Å². The summed E-state index contributed by atoms with van der Waals surface area (Å²) >= 11 is 5.74. The average molecular weight is 391 g/mol. The number of sulfone groups is 1. The van der Waals surface area contributed by atoms with Crippen LogP contribution in [-0.2, 0) is 24.2 Å². The van der Waals surface area contributed by atoms with Gasteiger partial charge in [0.25, 0.3) is 11.6 Å². The van der Waals surface area contributed by atoms with E-state index in [1.54, 1.807) is 0 Å². The number of carbonyl (C=O) groups excluding carboxylic acids is 2. The van der Waals surface area contributed by atoms with E-state index in [4.69, 9.17) is 16.3 Å². The molecule has 1 aromatic rings. The van der Waals surface area contributed by atoms with Crippen LogP contribution in [0.3, 0.4) is 0 Å². The lowest BCUT2D eigenvalue weighted by Gasteiger charge is -2.09. The number of nitro groups is 1. The summed E-state index contributed by atoms with van der Waals surface area (Å²) in [6, 6.07) is 3.66. The molecule has 25 heavy (non-hydrogen) atoms. The molecule has 0 unspecified atom stereocenters. The molecule has 9 nitrogen and oxygen atoms in total. The van der Waals surface area contributed by atoms with Crippen molar-refractivity contribution >= 4 is 44.7 Å². The zero-order valence-electron chi connectivity index (χ0n) is 12.9. The summed E-state index contributed by atoms with van der Waals surface area (Å²) in [6.45, 7) is -0.637. The summed E-state index contributed by atoms with van der Waals surface area (Å²) in [5, 5.41) is 13.4. The monoisotopic (exact) mass is 390 g/mol. The highest BCUT2D eigenvalue weighted by Crippen LogP contribution is 2.27. The number of nitro benzene ring substituents is 1. The molecule has 1 aromatic carbocycles. The first-order valence-electron chi connectivity index (χ1n) is 7.26. The minimum absolute atomic E-state index is 0.0455. The topological polar surface area (TPSA) is 133 Å². The number of carbonyl (C=O) groups is 2. The maximum Gasteiger partial charge on any atom is 0.306 e. The van der Waals surface area contributed by atoms with Crippen molar-refractivity contribution in [3.05, 3.63) is 33.3 Å². The molecule has 0 saturated carbocycles. The summed E-state index contributed by atoms with van der Waals surface area (Å²) < 4.78 is 27.4. The number of amides is 1. The van der Waals surface area contributed by atoms with E-state index in [1.165, 1.54) is 12.1 Å². The Bertz CT molecular complexity index is 809. The van der Waals surface area contributed by atoms with Crippen molar-refractivity contribution in [2.45, 2.75) is 12.8 Å². The lowest BCUT2D eigenvalue weighted by Crippen LogP contribution is -2.22. The third-order valence-electron chi connectivity index (χ3n) is 3.58. The van der Waals surface area contributed by atoms with Gasteiger partial charge in [0.05, 0.1) is 16.4 Å². The predicted molar refractivity (Wildman–Crippen MR) is 89.1 cm³/mol. The highest BCUT2D eigenvalue weighted by Gasteiger charge is 2.30. The van der Waals surface area contributed by atoms with Gasteiger partial charge >= 0.3 is 5.97 Å². The van der Waals surface area contributed by atoms with Crippen LogP contribution in [0.15, 0.2) is 18.2 Å². The third-order valence-corrected chi connectivity index (χ3v) is 5.65. The minimum atomic E-state index is -3.09. The molecule has 1 heterocycles. The van der Waals surface area contributed by atoms with Crippen molar-refractivity contribution in [3.8, 4) is 0 Å². The number of rotatable bonds is 6. The number of hydrogen-bond donors (Lipinski definition) is 1. The number of nitrogens with zero attached hydrogens (tertiary/aromatic N) is 1. The molecule has 2 rings (SSSR count). The summed E-state index contributed by atoms with van der Waals surface area (Å²) in [6.07, 6.45) is 0.294. The molecule has 1 fully saturated rings. The number of benzene rings is 1. The van der Waals surface area contributed by atoms with E-state index in [0.29, 0.717) is 6.42 Å². The van der Waals surface area contributed by atoms with Gasteiger partial charge < -0.3 is 10.1 Å². The van der Waals surface area contributed by atoms with Gasteiger partial charge in [0.2, 0.25) is 0 Å². The number of anilines is 1. The van der Waals surface area contributed by atoms with E-state index in [2.05, 4.69) is 5.32 Å². The first-order valence-corrected chi connectivity index (χ1v) is 9.46. The van der Waals surface area contributed by atoms with Crippen molar-refractivity contribution < 1.29 is 27.7 Å². The van der Waals surface area contributed by atoms with Crippen LogP contribution in [0.25, 0.3) is 0 Å². The standard InChI is InChI=1S/C14H15ClN2O7S/c15-10-1-2-12(17(20)21)11(6-10)16-13(18)7-24-14(19)5-9-3-4-25(22,23)8-9/h1-2,6,9H,3-5,7-8H2,(H,16,18)/t9-/m0/s1. The maximum atomic E-state index is 11.8. The lowest BCUT2D eigenvalue weighted by atomic mass is 10.1. The number of esters is 1. The normalized spacial score (nSPS) is 18.5. The van der Waals surface area contributed by atoms with E-state index in [9.17, 15) is 28.1 Å². The summed E-state index contributed by atoms with van der Waals surface area (Å²) in [5.74, 6) is -1.79. The first kappa shape index (κ1) is 19.1. The molecule has 0 bridgehead atoms. The third kappa shape index (κ3) is 5.68. The fourth-order valence-electron chi connectivity index (χ4n) is 2.43. The highest BCUT2D eigenvalue weighted by molar-refractivity contribution is 7.91. The molecule has 1 N–H and O–H groups in total. The van der Waals surface area contributed by atoms with Gasteiger partial charge in [0, 0.05) is 17.5 Å². The van der Waals surface area contributed by atoms with Gasteiger partial charge in [-0.05, 0) is 24.5 Å². The molecule has 1 atom stereocenters. The van der Waals surface area contributed by atoms with Gasteiger partial charge in [-0.1, -0.05) is 11.6 Å². The van der Waals surface area contributed by atoms with Crippen molar-refractivity contribution in [2.24, 2.45) is 5.92 Å². The van der Waals surface area contributed by atoms with Crippen molar-refractivity contribution in [1.29, 1.82) is 0 Å². The lowest BCUT2D eigenvalue weighted by molar-refractivity contribution is -0.383. The van der Waals surface area contributed by atoms with E-state index in [-0.39, 0.29) is 40.2 Å². The minimum Gasteiger partial charge on any atom is -0.456 e. The molecule has 1 aliphatic heterocycles. The van der Waals surface area contributed by atoms with Gasteiger partial charge in [-0.15, -0.1) is 0 Å². The molecule has 0 radical (unpaired) electrons. The molecule has 11 heteroatoms. The number of ether oxygens (including phenoxy) is 1. The highest BCUT2D eigenvalue weighted by atomic mass is 35.5. The van der Waals surface area contributed by atoms with E-state index in [0.717, 1.165) is 6.07 Å². The molecule has 0 aromatic heterocycles. The van der Waals surface area contributed by atoms with Crippen LogP contribution in [-0.4, -0.2) is 43.3 Å². The maximum absolute atomic E-state index is 11.8. The molecule has 1 saturated heterocycles. The largest absolute Gasteiger partial charge is 0.456 e. The summed E-state index contributed by atoms with van der Waals surface area (Å²) in [5.41, 5.74) is -0.458. The molecule has 136 valence electrons. The molecular formula is C14H15ClN2O7S. The Kier molecular flexibility index (Phi) is 5.96. The van der Waals surface area contributed by atoms with E-state index in [1.807, 2.05) is 0 Å². The van der Waals surface area contributed by atoms with Crippen LogP contribution in [0.5, 0.6) is 0 Å². The molecule has 0 spiro atoms. The number of halogens is 1. The van der Waals surface area contributed by atoms with E-state index < -0.39 is 33.2 Å². The Morgan fingerprint density at radius 2 is 2.12 bits per heavy atom. The second-order valence-electron chi connectivity index (χ2n) is 5.60. The zero-order valence-corrected chi connectivity index (χ0v) is 14.5. The van der Waals surface area contributed by atoms with Gasteiger partial charge in [0.1, 0.15) is 5.69 Å². The van der Waals surface area contributed by atoms with Crippen molar-refractivity contribution in [1.82, 2.24) is 0 Å². The second kappa shape index (κ2) is 7.79. The SMILES string of the molecule is O=C(COC(=O)C[C@@H]1CCS(=O)(=O)C1)Nc1cc(Cl)ccc1[N+](=O)[O-]. The summed E-state index contributed by atoms with van der Waals surface area (Å²) in [7, 11) is -3.09. The Morgan fingerprint density at radius 3 is 2.72 bits per heavy atom. The van der Waals surface area contributed by atoms with Crippen LogP contribution in [0.1, 0.15) is 12.8 Å². The Morgan fingerprint density at radius 1 is 1.40 bits per heavy atom. The van der Waals surface area contributed by atoms with Gasteiger partial charge in [-0.25, -0.2) is 8.42 Å².